The predicted octanol–water partition coefficient (Wildman–Crippen LogP) is 4.16. The number of ketones is 1. The van der Waals surface area contributed by atoms with Crippen molar-refractivity contribution >= 4 is 5.78 Å². The van der Waals surface area contributed by atoms with Crippen LogP contribution in [0.25, 0.3) is 0 Å². The average molecular weight is 311 g/mol. The maximum atomic E-state index is 11.3. The highest BCUT2D eigenvalue weighted by atomic mass is 16.1. The molecule has 2 aliphatic rings. The first-order chi connectivity index (χ1) is 9.67. The Morgan fingerprint density at radius 3 is 1.45 bits per heavy atom. The van der Waals surface area contributed by atoms with Crippen molar-refractivity contribution in [3.63, 3.8) is 0 Å². The lowest BCUT2D eigenvalue weighted by Gasteiger charge is -2.50. The van der Waals surface area contributed by atoms with Crippen LogP contribution in [-0.2, 0) is 4.79 Å². The van der Waals surface area contributed by atoms with Gasteiger partial charge in [0.25, 0.3) is 0 Å². The van der Waals surface area contributed by atoms with E-state index in [2.05, 4.69) is 72.7 Å². The lowest BCUT2D eigenvalue weighted by molar-refractivity contribution is -0.124. The van der Waals surface area contributed by atoms with Gasteiger partial charge in [-0.3, -0.25) is 9.69 Å². The van der Waals surface area contributed by atoms with Crippen molar-refractivity contribution in [3.05, 3.63) is 0 Å². The van der Waals surface area contributed by atoms with Crippen molar-refractivity contribution in [2.45, 2.75) is 110 Å². The number of Topliss-reactive ketones (excluding diaryl/α,β-unsaturated/α-hetero) is 1. The minimum absolute atomic E-state index is 0.0150. The fraction of sp³-hybridized carbons (Fsp3) is 0.947. The summed E-state index contributed by atoms with van der Waals surface area (Å²) in [6, 6.07) is 0. The molecule has 22 heavy (non-hydrogen) atoms. The number of nitrogens with zero attached hydrogens (tertiary/aromatic N) is 1. The van der Waals surface area contributed by atoms with E-state index >= 15 is 0 Å². The molecule has 3 heteroatoms. The first kappa shape index (κ1) is 19.6. The van der Waals surface area contributed by atoms with Crippen molar-refractivity contribution in [3.8, 4) is 0 Å². The van der Waals surface area contributed by atoms with E-state index in [1.54, 1.807) is 0 Å². The van der Waals surface area contributed by atoms with Gasteiger partial charge in [-0.2, -0.15) is 0 Å². The summed E-state index contributed by atoms with van der Waals surface area (Å²) in [6.45, 7) is 17.7. The van der Waals surface area contributed by atoms with Gasteiger partial charge in [0.2, 0.25) is 0 Å². The molecule has 130 valence electrons. The van der Waals surface area contributed by atoms with E-state index < -0.39 is 0 Å². The van der Waals surface area contributed by atoms with Gasteiger partial charge in [0, 0.05) is 35.0 Å². The van der Waals surface area contributed by atoms with Gasteiger partial charge in [0.05, 0.1) is 0 Å². The molecule has 0 aromatic rings. The highest BCUT2D eigenvalue weighted by molar-refractivity contribution is 5.81. The fourth-order valence-electron chi connectivity index (χ4n) is 4.16. The zero-order chi connectivity index (χ0) is 17.4. The van der Waals surface area contributed by atoms with E-state index in [9.17, 15) is 4.79 Å². The van der Waals surface area contributed by atoms with Crippen molar-refractivity contribution in [1.29, 1.82) is 0 Å². The number of likely N-dealkylation sites (tertiary alicyclic amines) is 1. The molecule has 0 aliphatic carbocycles. The summed E-state index contributed by atoms with van der Waals surface area (Å²) in [5.41, 5.74) is 0.779. The molecule has 0 aromatic heterocycles. The average Bonchev–Trinajstić information content (AvgIpc) is 2.21. The Kier molecular flexibility index (Phi) is 5.57. The van der Waals surface area contributed by atoms with Gasteiger partial charge in [-0.15, -0.1) is 0 Å². The maximum absolute atomic E-state index is 11.3. The number of carbonyl (C=O) groups excluding carboxylic acids is 1. The summed E-state index contributed by atoms with van der Waals surface area (Å²) < 4.78 is 0. The SMILES string of the molecule is CC1(C)CC(=O)CC(C)(C)N1.CN1C(C)(C)CCCC1(C)C. The van der Waals surface area contributed by atoms with Crippen LogP contribution in [0.5, 0.6) is 0 Å². The molecule has 2 rings (SSSR count). The van der Waals surface area contributed by atoms with Crippen LogP contribution in [0.2, 0.25) is 0 Å². The van der Waals surface area contributed by atoms with Crippen molar-refractivity contribution in [2.24, 2.45) is 0 Å². The third kappa shape index (κ3) is 5.34. The normalized spacial score (nSPS) is 29.4. The molecule has 0 radical (unpaired) electrons. The highest BCUT2D eigenvalue weighted by Crippen LogP contribution is 2.36. The Hall–Kier alpha value is -0.410. The molecular formula is C19H38N2O. The maximum Gasteiger partial charge on any atom is 0.136 e. The Labute approximate surface area is 138 Å². The quantitative estimate of drug-likeness (QED) is 0.729. The standard InChI is InChI=1S/C10H21N.C9H17NO/c1-9(2)7-6-8-10(3,4)11(9)5;1-8(2)5-7(11)6-9(3,4)10-8/h6-8H2,1-5H3;10H,5-6H2,1-4H3. The molecule has 0 bridgehead atoms. The van der Waals surface area contributed by atoms with Crippen LogP contribution >= 0.6 is 0 Å². The zero-order valence-corrected chi connectivity index (χ0v) is 16.4. The number of carbonyl (C=O) groups is 1. The monoisotopic (exact) mass is 310 g/mol. The van der Waals surface area contributed by atoms with Gasteiger partial charge in [0.1, 0.15) is 5.78 Å². The van der Waals surface area contributed by atoms with Gasteiger partial charge in [-0.25, -0.2) is 0 Å². The second-order valence-electron chi connectivity index (χ2n) is 9.82. The van der Waals surface area contributed by atoms with Crippen LogP contribution in [0.15, 0.2) is 0 Å². The zero-order valence-electron chi connectivity index (χ0n) is 16.4. The van der Waals surface area contributed by atoms with Crippen LogP contribution in [0.4, 0.5) is 0 Å². The summed E-state index contributed by atoms with van der Waals surface area (Å²) in [6.07, 6.45) is 5.39. The number of hydrogen-bond acceptors (Lipinski definition) is 3. The number of hydrogen-bond donors (Lipinski definition) is 1. The third-order valence-corrected chi connectivity index (χ3v) is 5.35. The van der Waals surface area contributed by atoms with Gasteiger partial charge in [-0.05, 0) is 81.7 Å². The molecule has 2 fully saturated rings. The van der Waals surface area contributed by atoms with E-state index in [1.807, 2.05) is 0 Å². The molecule has 2 heterocycles. The summed E-state index contributed by atoms with van der Waals surface area (Å²) in [5, 5.41) is 3.44. The minimum Gasteiger partial charge on any atom is -0.306 e. The lowest BCUT2D eigenvalue weighted by Crippen LogP contribution is -2.58. The van der Waals surface area contributed by atoms with Crippen molar-refractivity contribution < 1.29 is 4.79 Å². The molecule has 2 aliphatic heterocycles. The molecule has 0 unspecified atom stereocenters. The number of nitrogens with one attached hydrogen (secondary N) is 1. The summed E-state index contributed by atoms with van der Waals surface area (Å²) in [7, 11) is 2.25. The Bertz CT molecular complexity index is 374. The minimum atomic E-state index is -0.0150. The smallest absolute Gasteiger partial charge is 0.136 e. The fourth-order valence-corrected chi connectivity index (χ4v) is 4.16. The van der Waals surface area contributed by atoms with Gasteiger partial charge in [0.15, 0.2) is 0 Å². The second kappa shape index (κ2) is 6.24. The summed E-state index contributed by atoms with van der Waals surface area (Å²) in [4.78, 5) is 13.8. The molecule has 0 amide bonds. The molecule has 3 nitrogen and oxygen atoms in total. The molecule has 0 aromatic carbocycles. The van der Waals surface area contributed by atoms with E-state index in [4.69, 9.17) is 0 Å². The predicted molar refractivity (Wildman–Crippen MR) is 95.3 cm³/mol. The van der Waals surface area contributed by atoms with E-state index in [0.717, 1.165) is 0 Å². The first-order valence-corrected chi connectivity index (χ1v) is 8.72. The van der Waals surface area contributed by atoms with Gasteiger partial charge in [-0.1, -0.05) is 0 Å². The van der Waals surface area contributed by atoms with Crippen LogP contribution in [0.3, 0.4) is 0 Å². The Morgan fingerprint density at radius 2 is 1.18 bits per heavy atom. The van der Waals surface area contributed by atoms with Crippen molar-refractivity contribution in [2.75, 3.05) is 7.05 Å². The van der Waals surface area contributed by atoms with Crippen LogP contribution in [0, 0.1) is 0 Å². The summed E-state index contributed by atoms with van der Waals surface area (Å²) in [5.74, 6) is 0.374. The van der Waals surface area contributed by atoms with E-state index in [1.165, 1.54) is 19.3 Å². The van der Waals surface area contributed by atoms with Gasteiger partial charge < -0.3 is 5.32 Å². The highest BCUT2D eigenvalue weighted by Gasteiger charge is 2.38. The largest absolute Gasteiger partial charge is 0.306 e. The topological polar surface area (TPSA) is 32.3 Å². The number of piperidine rings is 2. The van der Waals surface area contributed by atoms with Crippen LogP contribution < -0.4 is 5.32 Å². The molecule has 0 atom stereocenters. The first-order valence-electron chi connectivity index (χ1n) is 8.72. The molecular weight excluding hydrogens is 272 g/mol. The molecule has 2 saturated heterocycles. The molecule has 0 spiro atoms. The Balaban J connectivity index is 0.000000220. The van der Waals surface area contributed by atoms with Gasteiger partial charge >= 0.3 is 0 Å². The van der Waals surface area contributed by atoms with E-state index in [0.29, 0.717) is 29.7 Å². The van der Waals surface area contributed by atoms with Crippen molar-refractivity contribution in [1.82, 2.24) is 10.2 Å². The third-order valence-electron chi connectivity index (χ3n) is 5.35. The van der Waals surface area contributed by atoms with Crippen LogP contribution in [-0.4, -0.2) is 39.9 Å². The summed E-state index contributed by atoms with van der Waals surface area (Å²) >= 11 is 0. The van der Waals surface area contributed by atoms with E-state index in [-0.39, 0.29) is 11.1 Å². The Morgan fingerprint density at radius 1 is 0.818 bits per heavy atom. The number of rotatable bonds is 0. The molecule has 0 saturated carbocycles. The molecule has 1 N–H and O–H groups in total. The lowest BCUT2D eigenvalue weighted by atomic mass is 9.80. The second-order valence-corrected chi connectivity index (χ2v) is 9.82. The van der Waals surface area contributed by atoms with Crippen LogP contribution in [0.1, 0.15) is 87.5 Å².